The highest BCUT2D eigenvalue weighted by molar-refractivity contribution is 5.87. The molecule has 3 N–H and O–H groups in total. The molecule has 6 heteroatoms. The van der Waals surface area contributed by atoms with Crippen molar-refractivity contribution in [3.05, 3.63) is 0 Å². The molecule has 0 unspecified atom stereocenters. The van der Waals surface area contributed by atoms with Crippen molar-refractivity contribution >= 4 is 12.0 Å². The van der Waals surface area contributed by atoms with Gasteiger partial charge >= 0.3 is 12.0 Å². The Morgan fingerprint density at radius 3 is 2.39 bits per heavy atom. The zero-order valence-corrected chi connectivity index (χ0v) is 11.2. The highest BCUT2D eigenvalue weighted by Crippen LogP contribution is 2.31. The van der Waals surface area contributed by atoms with Crippen molar-refractivity contribution < 1.29 is 19.4 Å². The molecule has 1 fully saturated rings. The fourth-order valence-corrected chi connectivity index (χ4v) is 1.92. The van der Waals surface area contributed by atoms with E-state index in [-0.39, 0.29) is 0 Å². The number of aliphatic carboxylic acids is 1. The predicted octanol–water partition coefficient (Wildman–Crippen LogP) is 1.11. The van der Waals surface area contributed by atoms with Gasteiger partial charge in [-0.15, -0.1) is 0 Å². The fourth-order valence-electron chi connectivity index (χ4n) is 1.92. The van der Waals surface area contributed by atoms with E-state index in [1.54, 1.807) is 0 Å². The van der Waals surface area contributed by atoms with Crippen LogP contribution in [0.4, 0.5) is 4.79 Å². The number of ether oxygens (including phenoxy) is 1. The molecule has 1 saturated carbocycles. The van der Waals surface area contributed by atoms with Crippen LogP contribution in [0, 0.1) is 0 Å². The Balaban J connectivity index is 2.40. The highest BCUT2D eigenvalue weighted by Gasteiger charge is 2.45. The maximum absolute atomic E-state index is 11.7. The average molecular weight is 258 g/mol. The van der Waals surface area contributed by atoms with Crippen LogP contribution in [0.2, 0.25) is 0 Å². The summed E-state index contributed by atoms with van der Waals surface area (Å²) in [6, 6.07) is -0.454. The Bertz CT molecular complexity index is 324. The number of hydrogen-bond donors (Lipinski definition) is 3. The Morgan fingerprint density at radius 1 is 1.39 bits per heavy atom. The molecule has 6 nitrogen and oxygen atoms in total. The second kappa shape index (κ2) is 5.56. The van der Waals surface area contributed by atoms with Gasteiger partial charge in [0.1, 0.15) is 5.54 Å². The fraction of sp³-hybridized carbons (Fsp3) is 0.833. The number of carbonyl (C=O) groups excluding carboxylic acids is 1. The number of carbonyl (C=O) groups is 2. The number of nitrogens with one attached hydrogen (secondary N) is 2. The molecule has 0 aromatic heterocycles. The Labute approximate surface area is 107 Å². The van der Waals surface area contributed by atoms with E-state index < -0.39 is 23.1 Å². The molecule has 0 aromatic rings. The van der Waals surface area contributed by atoms with Gasteiger partial charge in [0.05, 0.1) is 5.60 Å². The minimum absolute atomic E-state index is 0.336. The van der Waals surface area contributed by atoms with Gasteiger partial charge in [0, 0.05) is 13.2 Å². The summed E-state index contributed by atoms with van der Waals surface area (Å²) in [5, 5.41) is 14.3. The van der Waals surface area contributed by atoms with Crippen LogP contribution in [0.5, 0.6) is 0 Å². The summed E-state index contributed by atoms with van der Waals surface area (Å²) in [5.41, 5.74) is -1.53. The van der Waals surface area contributed by atoms with Crippen LogP contribution < -0.4 is 10.6 Å². The van der Waals surface area contributed by atoms with E-state index in [2.05, 4.69) is 10.6 Å². The van der Waals surface area contributed by atoms with Crippen LogP contribution in [-0.2, 0) is 9.53 Å². The van der Waals surface area contributed by atoms with E-state index in [1.807, 2.05) is 20.8 Å². The molecule has 0 radical (unpaired) electrons. The summed E-state index contributed by atoms with van der Waals surface area (Å²) in [6.45, 7) is 6.52. The lowest BCUT2D eigenvalue weighted by atomic mass is 9.77. The largest absolute Gasteiger partial charge is 0.480 e. The molecule has 18 heavy (non-hydrogen) atoms. The first-order valence-corrected chi connectivity index (χ1v) is 6.25. The van der Waals surface area contributed by atoms with Crippen LogP contribution in [0.15, 0.2) is 0 Å². The number of amides is 2. The molecule has 0 atom stereocenters. The molecule has 104 valence electrons. The molecule has 2 amide bonds. The predicted molar refractivity (Wildman–Crippen MR) is 66.5 cm³/mol. The normalized spacial score (nSPS) is 17.7. The molecule has 1 aliphatic rings. The van der Waals surface area contributed by atoms with Crippen LogP contribution in [0.25, 0.3) is 0 Å². The molecular formula is C12H22N2O4. The third kappa shape index (κ3) is 3.60. The number of rotatable bonds is 6. The molecule has 0 saturated heterocycles. The molecule has 0 bridgehead atoms. The van der Waals surface area contributed by atoms with E-state index in [1.165, 1.54) is 0 Å². The first-order chi connectivity index (χ1) is 8.31. The lowest BCUT2D eigenvalue weighted by Gasteiger charge is -2.38. The van der Waals surface area contributed by atoms with Crippen LogP contribution in [0.3, 0.4) is 0 Å². The Morgan fingerprint density at radius 2 is 2.00 bits per heavy atom. The number of carboxylic acids is 1. The highest BCUT2D eigenvalue weighted by atomic mass is 16.5. The van der Waals surface area contributed by atoms with Crippen molar-refractivity contribution in [2.45, 2.75) is 51.2 Å². The van der Waals surface area contributed by atoms with Crippen molar-refractivity contribution in [3.63, 3.8) is 0 Å². The van der Waals surface area contributed by atoms with Gasteiger partial charge in [-0.25, -0.2) is 9.59 Å². The third-order valence-corrected chi connectivity index (χ3v) is 3.18. The van der Waals surface area contributed by atoms with Gasteiger partial charge in [0.2, 0.25) is 0 Å². The smallest absolute Gasteiger partial charge is 0.329 e. The average Bonchev–Trinajstić information content (AvgIpc) is 2.20. The van der Waals surface area contributed by atoms with E-state index in [9.17, 15) is 9.59 Å². The van der Waals surface area contributed by atoms with E-state index in [4.69, 9.17) is 9.84 Å². The van der Waals surface area contributed by atoms with Gasteiger partial charge in [-0.05, 0) is 40.0 Å². The van der Waals surface area contributed by atoms with Crippen LogP contribution in [0.1, 0.15) is 40.0 Å². The van der Waals surface area contributed by atoms with E-state index in [0.29, 0.717) is 26.0 Å². The summed E-state index contributed by atoms with van der Waals surface area (Å²) in [7, 11) is 0. The van der Waals surface area contributed by atoms with Gasteiger partial charge in [-0.1, -0.05) is 0 Å². The summed E-state index contributed by atoms with van der Waals surface area (Å²) in [5.74, 6) is -0.965. The number of carboxylic acid groups (broad SMARTS) is 1. The first-order valence-electron chi connectivity index (χ1n) is 6.25. The van der Waals surface area contributed by atoms with Gasteiger partial charge in [0.15, 0.2) is 0 Å². The van der Waals surface area contributed by atoms with Crippen molar-refractivity contribution in [2.24, 2.45) is 0 Å². The number of urea groups is 1. The second-order valence-corrected chi connectivity index (χ2v) is 5.24. The minimum Gasteiger partial charge on any atom is -0.480 e. The first kappa shape index (κ1) is 14.8. The Hall–Kier alpha value is -1.30. The SMILES string of the molecule is CCOC(C)(C)CNC(=O)NC1(C(=O)O)CCC1. The van der Waals surface area contributed by atoms with Crippen molar-refractivity contribution in [2.75, 3.05) is 13.2 Å². The maximum Gasteiger partial charge on any atom is 0.329 e. The van der Waals surface area contributed by atoms with Gasteiger partial charge in [-0.3, -0.25) is 0 Å². The summed E-state index contributed by atoms with van der Waals surface area (Å²) in [4.78, 5) is 22.7. The quantitative estimate of drug-likeness (QED) is 0.666. The topological polar surface area (TPSA) is 87.7 Å². The molecule has 0 heterocycles. The van der Waals surface area contributed by atoms with Gasteiger partial charge in [-0.2, -0.15) is 0 Å². The molecule has 0 aliphatic heterocycles. The molecule has 0 aromatic carbocycles. The van der Waals surface area contributed by atoms with Crippen LogP contribution in [-0.4, -0.2) is 41.4 Å². The summed E-state index contributed by atoms with van der Waals surface area (Å²) in [6.07, 6.45) is 1.81. The Kier molecular flexibility index (Phi) is 4.56. The monoisotopic (exact) mass is 258 g/mol. The summed E-state index contributed by atoms with van der Waals surface area (Å²) >= 11 is 0. The zero-order chi connectivity index (χ0) is 13.8. The third-order valence-electron chi connectivity index (χ3n) is 3.18. The van der Waals surface area contributed by atoms with Gasteiger partial charge < -0.3 is 20.5 Å². The molecular weight excluding hydrogens is 236 g/mol. The van der Waals surface area contributed by atoms with Crippen molar-refractivity contribution in [1.29, 1.82) is 0 Å². The minimum atomic E-state index is -1.07. The van der Waals surface area contributed by atoms with E-state index in [0.717, 1.165) is 6.42 Å². The van der Waals surface area contributed by atoms with Gasteiger partial charge in [0.25, 0.3) is 0 Å². The molecule has 1 aliphatic carbocycles. The maximum atomic E-state index is 11.7. The lowest BCUT2D eigenvalue weighted by Crippen LogP contribution is -2.61. The van der Waals surface area contributed by atoms with Crippen LogP contribution >= 0.6 is 0 Å². The summed E-state index contributed by atoms with van der Waals surface area (Å²) < 4.78 is 5.44. The van der Waals surface area contributed by atoms with Crippen molar-refractivity contribution in [3.8, 4) is 0 Å². The second-order valence-electron chi connectivity index (χ2n) is 5.24. The standard InChI is InChI=1S/C12H22N2O4/c1-4-18-11(2,3)8-13-10(17)14-12(9(15)16)6-5-7-12/h4-8H2,1-3H3,(H,15,16)(H2,13,14,17). The molecule has 0 spiro atoms. The molecule has 1 rings (SSSR count). The lowest BCUT2D eigenvalue weighted by molar-refractivity contribution is -0.148. The van der Waals surface area contributed by atoms with E-state index >= 15 is 0 Å². The zero-order valence-electron chi connectivity index (χ0n) is 11.2. The number of hydrogen-bond acceptors (Lipinski definition) is 3. The van der Waals surface area contributed by atoms with Crippen molar-refractivity contribution in [1.82, 2.24) is 10.6 Å².